The van der Waals surface area contributed by atoms with E-state index < -0.39 is 11.6 Å². The monoisotopic (exact) mass is 442 g/mol. The SMILES string of the molecule is Cc1nnc(CNC(=O)C2CCC2)o1.Fc1ccc(-c2cc3cc(F)cc(F)c3[nH]2)cc1. The number of hydrogen-bond donors (Lipinski definition) is 2. The molecule has 0 saturated heterocycles. The van der Waals surface area contributed by atoms with Crippen LogP contribution in [0.4, 0.5) is 13.2 Å². The summed E-state index contributed by atoms with van der Waals surface area (Å²) in [7, 11) is 0. The summed E-state index contributed by atoms with van der Waals surface area (Å²) in [5.74, 6) is -0.297. The maximum Gasteiger partial charge on any atom is 0.235 e. The summed E-state index contributed by atoms with van der Waals surface area (Å²) in [5, 5.41) is 10.7. The van der Waals surface area contributed by atoms with E-state index in [0.717, 1.165) is 25.3 Å². The zero-order valence-corrected chi connectivity index (χ0v) is 17.3. The van der Waals surface area contributed by atoms with Gasteiger partial charge in [0.05, 0.1) is 12.1 Å². The maximum absolute atomic E-state index is 13.5. The van der Waals surface area contributed by atoms with Crippen LogP contribution in [-0.4, -0.2) is 21.1 Å². The second kappa shape index (κ2) is 9.25. The van der Waals surface area contributed by atoms with E-state index in [4.69, 9.17) is 4.42 Å². The Morgan fingerprint density at radius 3 is 2.47 bits per heavy atom. The normalized spacial score (nSPS) is 13.4. The number of carbonyl (C=O) groups excluding carboxylic acids is 1. The summed E-state index contributed by atoms with van der Waals surface area (Å²) in [6, 6.07) is 9.50. The first-order valence-corrected chi connectivity index (χ1v) is 10.2. The van der Waals surface area contributed by atoms with Gasteiger partial charge in [0.25, 0.3) is 0 Å². The highest BCUT2D eigenvalue weighted by molar-refractivity contribution is 5.86. The van der Waals surface area contributed by atoms with Gasteiger partial charge in [0.1, 0.15) is 17.5 Å². The minimum atomic E-state index is -0.640. The van der Waals surface area contributed by atoms with E-state index in [0.29, 0.717) is 35.0 Å². The van der Waals surface area contributed by atoms with Gasteiger partial charge in [0.15, 0.2) is 0 Å². The van der Waals surface area contributed by atoms with Crippen molar-refractivity contribution in [1.82, 2.24) is 20.5 Å². The number of benzene rings is 2. The van der Waals surface area contributed by atoms with Crippen molar-refractivity contribution < 1.29 is 22.4 Å². The van der Waals surface area contributed by atoms with E-state index in [2.05, 4.69) is 20.5 Å². The van der Waals surface area contributed by atoms with E-state index in [1.807, 2.05) is 0 Å². The molecule has 2 heterocycles. The molecule has 0 spiro atoms. The molecular weight excluding hydrogens is 421 g/mol. The number of H-pyrrole nitrogens is 1. The Kier molecular flexibility index (Phi) is 6.25. The molecule has 1 saturated carbocycles. The molecule has 0 unspecified atom stereocenters. The van der Waals surface area contributed by atoms with Crippen LogP contribution < -0.4 is 5.32 Å². The number of halogens is 3. The van der Waals surface area contributed by atoms with Crippen molar-refractivity contribution in [3.05, 3.63) is 71.7 Å². The van der Waals surface area contributed by atoms with Crippen LogP contribution in [-0.2, 0) is 11.3 Å². The van der Waals surface area contributed by atoms with Gasteiger partial charge in [-0.2, -0.15) is 0 Å². The van der Waals surface area contributed by atoms with E-state index in [1.54, 1.807) is 25.1 Å². The quantitative estimate of drug-likeness (QED) is 0.464. The molecular formula is C23H21F3N4O2. The standard InChI is InChI=1S/C14H8F3N.C9H13N3O2/c15-10-3-1-8(2-4-10)13-6-9-5-11(16)7-12(17)14(9)18-13;1-6-11-12-8(14-6)5-10-9(13)7-3-2-4-7/h1-7,18H;7H,2-5H2,1H3,(H,10,13). The maximum atomic E-state index is 13.5. The first-order chi connectivity index (χ1) is 15.4. The molecule has 6 nitrogen and oxygen atoms in total. The molecule has 1 aliphatic carbocycles. The van der Waals surface area contributed by atoms with E-state index in [9.17, 15) is 18.0 Å². The number of nitrogens with one attached hydrogen (secondary N) is 2. The second-order valence-corrected chi connectivity index (χ2v) is 7.60. The average molecular weight is 442 g/mol. The molecule has 2 N–H and O–H groups in total. The van der Waals surface area contributed by atoms with Gasteiger partial charge >= 0.3 is 0 Å². The van der Waals surface area contributed by atoms with Crippen LogP contribution in [0.25, 0.3) is 22.2 Å². The van der Waals surface area contributed by atoms with Gasteiger partial charge < -0.3 is 14.7 Å². The number of rotatable bonds is 4. The summed E-state index contributed by atoms with van der Waals surface area (Å²) in [6.45, 7) is 2.07. The van der Waals surface area contributed by atoms with Crippen molar-refractivity contribution in [3.8, 4) is 11.3 Å². The van der Waals surface area contributed by atoms with E-state index in [-0.39, 0.29) is 23.2 Å². The highest BCUT2D eigenvalue weighted by Crippen LogP contribution is 2.27. The first-order valence-electron chi connectivity index (χ1n) is 10.2. The van der Waals surface area contributed by atoms with E-state index >= 15 is 0 Å². The lowest BCUT2D eigenvalue weighted by Gasteiger charge is -2.23. The number of fused-ring (bicyclic) bond motifs is 1. The smallest absolute Gasteiger partial charge is 0.235 e. The third-order valence-corrected chi connectivity index (χ3v) is 5.26. The molecule has 1 aliphatic rings. The predicted molar refractivity (Wildman–Crippen MR) is 112 cm³/mol. The van der Waals surface area contributed by atoms with Crippen molar-refractivity contribution in [2.75, 3.05) is 0 Å². The van der Waals surface area contributed by atoms with Gasteiger partial charge in [-0.1, -0.05) is 6.42 Å². The van der Waals surface area contributed by atoms with Crippen molar-refractivity contribution in [2.45, 2.75) is 32.7 Å². The van der Waals surface area contributed by atoms with Crippen molar-refractivity contribution >= 4 is 16.8 Å². The molecule has 2 aromatic heterocycles. The van der Waals surface area contributed by atoms with E-state index in [1.165, 1.54) is 18.2 Å². The van der Waals surface area contributed by atoms with Gasteiger partial charge in [0, 0.05) is 30.0 Å². The van der Waals surface area contributed by atoms with Crippen LogP contribution in [0.5, 0.6) is 0 Å². The van der Waals surface area contributed by atoms with Crippen LogP contribution in [0.15, 0.2) is 46.9 Å². The van der Waals surface area contributed by atoms with Crippen LogP contribution in [0, 0.1) is 30.3 Å². The Morgan fingerprint density at radius 2 is 1.84 bits per heavy atom. The van der Waals surface area contributed by atoms with Gasteiger partial charge in [-0.25, -0.2) is 13.2 Å². The van der Waals surface area contributed by atoms with Gasteiger partial charge in [-0.3, -0.25) is 4.79 Å². The number of nitrogens with zero attached hydrogens (tertiary/aromatic N) is 2. The first kappa shape index (κ1) is 21.6. The summed E-state index contributed by atoms with van der Waals surface area (Å²) in [4.78, 5) is 14.3. The predicted octanol–water partition coefficient (Wildman–Crippen LogP) is 5.05. The van der Waals surface area contributed by atoms with Crippen LogP contribution >= 0.6 is 0 Å². The Bertz CT molecular complexity index is 1230. The Morgan fingerprint density at radius 1 is 1.09 bits per heavy atom. The van der Waals surface area contributed by atoms with Crippen LogP contribution in [0.2, 0.25) is 0 Å². The fourth-order valence-electron chi connectivity index (χ4n) is 3.34. The Hall–Kier alpha value is -3.62. The third kappa shape index (κ3) is 4.99. The van der Waals surface area contributed by atoms with Gasteiger partial charge in [-0.15, -0.1) is 10.2 Å². The van der Waals surface area contributed by atoms with Crippen LogP contribution in [0.1, 0.15) is 31.0 Å². The summed E-state index contributed by atoms with van der Waals surface area (Å²) >= 11 is 0. The molecule has 9 heteroatoms. The molecule has 0 radical (unpaired) electrons. The number of aromatic amines is 1. The fourth-order valence-corrected chi connectivity index (χ4v) is 3.34. The topological polar surface area (TPSA) is 83.8 Å². The molecule has 1 amide bonds. The summed E-state index contributed by atoms with van der Waals surface area (Å²) in [6.07, 6.45) is 3.18. The van der Waals surface area contributed by atoms with Crippen molar-refractivity contribution in [2.24, 2.45) is 5.92 Å². The molecule has 32 heavy (non-hydrogen) atoms. The number of aromatic nitrogens is 3. The summed E-state index contributed by atoms with van der Waals surface area (Å²) in [5.41, 5.74) is 1.58. The van der Waals surface area contributed by atoms with Crippen LogP contribution in [0.3, 0.4) is 0 Å². The Labute approximate surface area is 181 Å². The minimum Gasteiger partial charge on any atom is -0.424 e. The van der Waals surface area contributed by atoms with Crippen molar-refractivity contribution in [1.29, 1.82) is 0 Å². The molecule has 0 atom stereocenters. The molecule has 5 rings (SSSR count). The second-order valence-electron chi connectivity index (χ2n) is 7.60. The van der Waals surface area contributed by atoms with Gasteiger partial charge in [-0.05, 0) is 54.8 Å². The lowest BCUT2D eigenvalue weighted by Crippen LogP contribution is -2.34. The minimum absolute atomic E-state index is 0.104. The lowest BCUT2D eigenvalue weighted by atomic mass is 9.85. The highest BCUT2D eigenvalue weighted by Gasteiger charge is 2.25. The molecule has 1 fully saturated rings. The highest BCUT2D eigenvalue weighted by atomic mass is 19.1. The largest absolute Gasteiger partial charge is 0.424 e. The average Bonchev–Trinajstić information content (AvgIpc) is 3.32. The lowest BCUT2D eigenvalue weighted by molar-refractivity contribution is -0.127. The Balaban J connectivity index is 0.000000158. The molecule has 0 bridgehead atoms. The number of carbonyl (C=O) groups is 1. The van der Waals surface area contributed by atoms with Crippen molar-refractivity contribution in [3.63, 3.8) is 0 Å². The zero-order chi connectivity index (χ0) is 22.7. The fraction of sp³-hybridized carbons (Fsp3) is 0.261. The van der Waals surface area contributed by atoms with Gasteiger partial charge in [0.2, 0.25) is 17.7 Å². The molecule has 4 aromatic rings. The molecule has 0 aliphatic heterocycles. The number of amides is 1. The summed E-state index contributed by atoms with van der Waals surface area (Å²) < 4.78 is 44.5. The molecule has 2 aromatic carbocycles. The third-order valence-electron chi connectivity index (χ3n) is 5.26. The number of aryl methyl sites for hydroxylation is 1. The zero-order valence-electron chi connectivity index (χ0n) is 17.3. The molecule has 166 valence electrons. The number of hydrogen-bond acceptors (Lipinski definition) is 4.